The molecule has 120 valence electrons. The Morgan fingerprint density at radius 2 is 1.96 bits per heavy atom. The van der Waals surface area contributed by atoms with Crippen LogP contribution >= 0.6 is 0 Å². The van der Waals surface area contributed by atoms with Crippen molar-refractivity contribution in [2.45, 2.75) is 25.7 Å². The molecule has 0 aliphatic carbocycles. The number of rotatable bonds is 9. The van der Waals surface area contributed by atoms with Gasteiger partial charge in [0, 0.05) is 24.4 Å². The Hall–Kier alpha value is -2.76. The molecule has 0 fully saturated rings. The quantitative estimate of drug-likeness (QED) is 0.437. The van der Waals surface area contributed by atoms with E-state index in [-0.39, 0.29) is 6.42 Å². The second kappa shape index (κ2) is 9.30. The van der Waals surface area contributed by atoms with Crippen molar-refractivity contribution in [1.29, 1.82) is 0 Å². The van der Waals surface area contributed by atoms with Gasteiger partial charge < -0.3 is 9.94 Å². The lowest BCUT2D eigenvalue weighted by Crippen LogP contribution is -2.07. The van der Waals surface area contributed by atoms with Crippen LogP contribution in [0.15, 0.2) is 54.1 Å². The molecule has 0 saturated heterocycles. The highest BCUT2D eigenvalue weighted by molar-refractivity contribution is 6.11. The van der Waals surface area contributed by atoms with Crippen molar-refractivity contribution in [3.8, 4) is 0 Å². The van der Waals surface area contributed by atoms with E-state index in [0.717, 1.165) is 18.4 Å². The summed E-state index contributed by atoms with van der Waals surface area (Å²) >= 11 is 0. The summed E-state index contributed by atoms with van der Waals surface area (Å²) in [7, 11) is 0. The molecule has 0 unspecified atom stereocenters. The molecule has 1 heterocycles. The third kappa shape index (κ3) is 5.86. The van der Waals surface area contributed by atoms with E-state index >= 15 is 0 Å². The van der Waals surface area contributed by atoms with Gasteiger partial charge in [-0.2, -0.15) is 0 Å². The smallest absolute Gasteiger partial charge is 0.303 e. The number of nitrogens with zero attached hydrogens (tertiary/aromatic N) is 3. The predicted octanol–water partition coefficient (Wildman–Crippen LogP) is 2.89. The summed E-state index contributed by atoms with van der Waals surface area (Å²) in [6, 6.07) is 9.65. The molecular weight excluding hydrogens is 294 g/mol. The Labute approximate surface area is 134 Å². The number of carbonyl (C=O) groups is 1. The van der Waals surface area contributed by atoms with Crippen LogP contribution in [0.5, 0.6) is 0 Å². The SMILES string of the molecule is O=C(O)CCCCCO/N=C(/c1ccccc1)c1cnccn1. The van der Waals surface area contributed by atoms with Crippen molar-refractivity contribution in [1.82, 2.24) is 9.97 Å². The van der Waals surface area contributed by atoms with Gasteiger partial charge in [0.15, 0.2) is 0 Å². The number of carboxylic acids is 1. The molecule has 2 aromatic rings. The van der Waals surface area contributed by atoms with E-state index in [0.29, 0.717) is 24.4 Å². The van der Waals surface area contributed by atoms with Crippen LogP contribution < -0.4 is 0 Å². The number of benzene rings is 1. The van der Waals surface area contributed by atoms with Crippen molar-refractivity contribution in [2.24, 2.45) is 5.16 Å². The summed E-state index contributed by atoms with van der Waals surface area (Å²) in [5.74, 6) is -0.766. The molecule has 6 heteroatoms. The minimum Gasteiger partial charge on any atom is -0.481 e. The van der Waals surface area contributed by atoms with Gasteiger partial charge in [-0.15, -0.1) is 0 Å². The fraction of sp³-hybridized carbons (Fsp3) is 0.294. The Balaban J connectivity index is 1.94. The Kier molecular flexibility index (Phi) is 6.71. The summed E-state index contributed by atoms with van der Waals surface area (Å²) in [6.07, 6.45) is 7.26. The third-order valence-electron chi connectivity index (χ3n) is 3.14. The molecular formula is C17H19N3O3. The molecule has 0 atom stereocenters. The second-order valence-electron chi connectivity index (χ2n) is 4.93. The zero-order valence-electron chi connectivity index (χ0n) is 12.8. The average molecular weight is 313 g/mol. The molecule has 1 N–H and O–H groups in total. The van der Waals surface area contributed by atoms with Gasteiger partial charge in [0.25, 0.3) is 0 Å². The second-order valence-corrected chi connectivity index (χ2v) is 4.93. The van der Waals surface area contributed by atoms with Gasteiger partial charge in [0.05, 0.1) is 6.20 Å². The lowest BCUT2D eigenvalue weighted by molar-refractivity contribution is -0.137. The van der Waals surface area contributed by atoms with Gasteiger partial charge in [-0.25, -0.2) is 0 Å². The molecule has 0 radical (unpaired) electrons. The zero-order chi connectivity index (χ0) is 16.3. The van der Waals surface area contributed by atoms with E-state index in [4.69, 9.17) is 9.94 Å². The molecule has 6 nitrogen and oxygen atoms in total. The predicted molar refractivity (Wildman–Crippen MR) is 86.2 cm³/mol. The van der Waals surface area contributed by atoms with Crippen LogP contribution in [0, 0.1) is 0 Å². The number of oxime groups is 1. The molecule has 0 spiro atoms. The number of carboxylic acid groups (broad SMARTS) is 1. The molecule has 0 bridgehead atoms. The topological polar surface area (TPSA) is 84.7 Å². The molecule has 23 heavy (non-hydrogen) atoms. The van der Waals surface area contributed by atoms with Crippen LogP contribution in [0.4, 0.5) is 0 Å². The van der Waals surface area contributed by atoms with Gasteiger partial charge in [0.1, 0.15) is 18.0 Å². The third-order valence-corrected chi connectivity index (χ3v) is 3.14. The summed E-state index contributed by atoms with van der Waals surface area (Å²) in [6.45, 7) is 0.441. The van der Waals surface area contributed by atoms with Gasteiger partial charge in [-0.05, 0) is 19.3 Å². The normalized spacial score (nSPS) is 11.2. The van der Waals surface area contributed by atoms with E-state index in [1.807, 2.05) is 30.3 Å². The van der Waals surface area contributed by atoms with Crippen LogP contribution in [0.3, 0.4) is 0 Å². The number of aliphatic carboxylic acids is 1. The van der Waals surface area contributed by atoms with Crippen LogP contribution in [0.2, 0.25) is 0 Å². The van der Waals surface area contributed by atoms with Crippen molar-refractivity contribution in [3.05, 3.63) is 60.2 Å². The highest BCUT2D eigenvalue weighted by Crippen LogP contribution is 2.09. The van der Waals surface area contributed by atoms with Gasteiger partial charge in [0.2, 0.25) is 0 Å². The van der Waals surface area contributed by atoms with Crippen molar-refractivity contribution in [2.75, 3.05) is 6.61 Å². The molecule has 2 rings (SSSR count). The highest BCUT2D eigenvalue weighted by Gasteiger charge is 2.09. The average Bonchev–Trinajstić information content (AvgIpc) is 2.59. The summed E-state index contributed by atoms with van der Waals surface area (Å²) < 4.78 is 0. The van der Waals surface area contributed by atoms with E-state index in [2.05, 4.69) is 15.1 Å². The molecule has 0 amide bonds. The van der Waals surface area contributed by atoms with Crippen LogP contribution in [0.25, 0.3) is 0 Å². The van der Waals surface area contributed by atoms with E-state index in [1.165, 1.54) is 0 Å². The standard InChI is InChI=1S/C17H19N3O3/c21-16(22)9-5-2-6-12-23-20-17(14-7-3-1-4-8-14)15-13-18-10-11-19-15/h1,3-4,7-8,10-11,13H,2,5-6,9,12H2,(H,21,22)/b20-17-. The molecule has 0 aliphatic heterocycles. The van der Waals surface area contributed by atoms with Crippen LogP contribution in [0.1, 0.15) is 36.9 Å². The fourth-order valence-corrected chi connectivity index (χ4v) is 1.99. The summed E-state index contributed by atoms with van der Waals surface area (Å²) in [5, 5.41) is 12.8. The summed E-state index contributed by atoms with van der Waals surface area (Å²) in [5.41, 5.74) is 2.17. The maximum absolute atomic E-state index is 10.4. The Morgan fingerprint density at radius 3 is 2.65 bits per heavy atom. The number of aromatic nitrogens is 2. The monoisotopic (exact) mass is 313 g/mol. The first-order chi connectivity index (χ1) is 11.3. The number of hydrogen-bond donors (Lipinski definition) is 1. The summed E-state index contributed by atoms with van der Waals surface area (Å²) in [4.78, 5) is 24.1. The molecule has 1 aromatic heterocycles. The van der Waals surface area contributed by atoms with Gasteiger partial charge in [-0.1, -0.05) is 35.5 Å². The first kappa shape index (κ1) is 16.6. The Bertz CT molecular complexity index is 589. The molecule has 0 aliphatic rings. The van der Waals surface area contributed by atoms with Crippen molar-refractivity contribution in [3.63, 3.8) is 0 Å². The van der Waals surface area contributed by atoms with Gasteiger partial charge in [-0.3, -0.25) is 14.8 Å². The van der Waals surface area contributed by atoms with E-state index < -0.39 is 5.97 Å². The fourth-order valence-electron chi connectivity index (χ4n) is 1.99. The van der Waals surface area contributed by atoms with E-state index in [9.17, 15) is 4.79 Å². The largest absolute Gasteiger partial charge is 0.481 e. The van der Waals surface area contributed by atoms with Crippen LogP contribution in [-0.2, 0) is 9.63 Å². The zero-order valence-corrected chi connectivity index (χ0v) is 12.8. The van der Waals surface area contributed by atoms with E-state index in [1.54, 1.807) is 18.6 Å². The van der Waals surface area contributed by atoms with Gasteiger partial charge >= 0.3 is 5.97 Å². The number of hydrogen-bond acceptors (Lipinski definition) is 5. The molecule has 1 aromatic carbocycles. The van der Waals surface area contributed by atoms with Crippen molar-refractivity contribution < 1.29 is 14.7 Å². The first-order valence-corrected chi connectivity index (χ1v) is 7.51. The maximum atomic E-state index is 10.4. The number of unbranched alkanes of at least 4 members (excludes halogenated alkanes) is 2. The van der Waals surface area contributed by atoms with Crippen molar-refractivity contribution >= 4 is 11.7 Å². The van der Waals surface area contributed by atoms with Crippen LogP contribution in [-0.4, -0.2) is 33.4 Å². The maximum Gasteiger partial charge on any atom is 0.303 e. The minimum absolute atomic E-state index is 0.193. The Morgan fingerprint density at radius 1 is 1.13 bits per heavy atom. The lowest BCUT2D eigenvalue weighted by Gasteiger charge is -2.06. The first-order valence-electron chi connectivity index (χ1n) is 7.51. The molecule has 0 saturated carbocycles. The lowest BCUT2D eigenvalue weighted by atomic mass is 10.1. The minimum atomic E-state index is -0.766. The highest BCUT2D eigenvalue weighted by atomic mass is 16.6.